The molecule has 5 N–H and O–H groups in total. The smallest absolute Gasteiger partial charge is 0.224 e. The van der Waals surface area contributed by atoms with Crippen LogP contribution in [0.15, 0.2) is 12.3 Å². The van der Waals surface area contributed by atoms with Crippen LogP contribution in [0.5, 0.6) is 0 Å². The number of nitrogen functional groups attached to an aromatic ring is 2. The van der Waals surface area contributed by atoms with Crippen LogP contribution in [0, 0.1) is 0 Å². The molecular formula is C15H21N9. The molecule has 9 heteroatoms. The van der Waals surface area contributed by atoms with Crippen molar-refractivity contribution in [2.24, 2.45) is 0 Å². The molecule has 3 aromatic rings. The lowest BCUT2D eigenvalue weighted by Crippen LogP contribution is -2.24. The second-order valence-electron chi connectivity index (χ2n) is 6.08. The Morgan fingerprint density at radius 1 is 1.29 bits per heavy atom. The van der Waals surface area contributed by atoms with Crippen molar-refractivity contribution >= 4 is 22.9 Å². The van der Waals surface area contributed by atoms with Crippen molar-refractivity contribution in [3.8, 4) is 0 Å². The second-order valence-corrected chi connectivity index (χ2v) is 6.08. The summed E-state index contributed by atoms with van der Waals surface area (Å²) in [7, 11) is 0. The predicted molar refractivity (Wildman–Crippen MR) is 90.8 cm³/mol. The average molecular weight is 327 g/mol. The highest BCUT2D eigenvalue weighted by Gasteiger charge is 2.29. The molecule has 126 valence electrons. The van der Waals surface area contributed by atoms with Crippen LogP contribution in [0.3, 0.4) is 0 Å². The summed E-state index contributed by atoms with van der Waals surface area (Å²) in [4.78, 5) is 18.4. The van der Waals surface area contributed by atoms with Crippen molar-refractivity contribution in [2.75, 3.05) is 18.0 Å². The molecule has 1 unspecified atom stereocenters. The van der Waals surface area contributed by atoms with Crippen molar-refractivity contribution in [1.82, 2.24) is 34.6 Å². The molecule has 0 bridgehead atoms. The Hall–Kier alpha value is -2.68. The van der Waals surface area contributed by atoms with Crippen molar-refractivity contribution in [2.45, 2.75) is 38.9 Å². The molecule has 0 spiro atoms. The molecule has 0 saturated carbocycles. The Morgan fingerprint density at radius 3 is 2.96 bits per heavy atom. The summed E-state index contributed by atoms with van der Waals surface area (Å²) in [6, 6.07) is 2.27. The van der Waals surface area contributed by atoms with E-state index < -0.39 is 0 Å². The van der Waals surface area contributed by atoms with Crippen LogP contribution >= 0.6 is 0 Å². The molecule has 1 fully saturated rings. The molecule has 0 radical (unpaired) electrons. The van der Waals surface area contributed by atoms with Crippen molar-refractivity contribution in [1.29, 1.82) is 0 Å². The molecule has 3 aromatic heterocycles. The third kappa shape index (κ3) is 2.56. The van der Waals surface area contributed by atoms with E-state index in [1.54, 1.807) is 0 Å². The van der Waals surface area contributed by atoms with Crippen LogP contribution in [0.1, 0.15) is 37.3 Å². The normalized spacial score (nSPS) is 18.6. The maximum Gasteiger partial charge on any atom is 0.224 e. The summed E-state index contributed by atoms with van der Waals surface area (Å²) < 4.78 is 1.95. The highest BCUT2D eigenvalue weighted by Crippen LogP contribution is 2.32. The highest BCUT2D eigenvalue weighted by atomic mass is 15.3. The van der Waals surface area contributed by atoms with Crippen LogP contribution in [-0.2, 0) is 13.1 Å². The topological polar surface area (TPSA) is 128 Å². The van der Waals surface area contributed by atoms with E-state index >= 15 is 0 Å². The summed E-state index contributed by atoms with van der Waals surface area (Å²) in [5.41, 5.74) is 13.8. The van der Waals surface area contributed by atoms with Crippen molar-refractivity contribution < 1.29 is 0 Å². The summed E-state index contributed by atoms with van der Waals surface area (Å²) in [6.45, 7) is 4.79. The highest BCUT2D eigenvalue weighted by molar-refractivity contribution is 5.82. The number of hydrogen-bond acceptors (Lipinski definition) is 7. The van der Waals surface area contributed by atoms with Gasteiger partial charge in [0.25, 0.3) is 0 Å². The van der Waals surface area contributed by atoms with E-state index in [1.807, 2.05) is 10.9 Å². The molecule has 4 rings (SSSR count). The Balaban J connectivity index is 1.61. The summed E-state index contributed by atoms with van der Waals surface area (Å²) in [5, 5.41) is 4.57. The van der Waals surface area contributed by atoms with Crippen molar-refractivity contribution in [3.63, 3.8) is 0 Å². The van der Waals surface area contributed by atoms with Crippen LogP contribution in [0.4, 0.5) is 11.8 Å². The number of aromatic nitrogens is 6. The standard InChI is InChI=1S/C15H21N9/c1-2-24-7-5-9(22-24)8-23-6-3-4-10(23)13-18-11-12(16)19-15(17)21-14(11)20-13/h5,7,10H,2-4,6,8H2,1H3,(H5,16,17,18,19,20,21). The average Bonchev–Trinajstić information content (AvgIpc) is 3.26. The minimum absolute atomic E-state index is 0.145. The van der Waals surface area contributed by atoms with E-state index in [4.69, 9.17) is 11.5 Å². The number of fused-ring (bicyclic) bond motifs is 1. The van der Waals surface area contributed by atoms with Gasteiger partial charge in [0.2, 0.25) is 5.95 Å². The molecular weight excluding hydrogens is 306 g/mol. The molecule has 4 heterocycles. The first kappa shape index (κ1) is 14.9. The number of anilines is 2. The lowest BCUT2D eigenvalue weighted by molar-refractivity contribution is 0.237. The predicted octanol–water partition coefficient (Wildman–Crippen LogP) is 1.07. The minimum Gasteiger partial charge on any atom is -0.382 e. The van der Waals surface area contributed by atoms with Gasteiger partial charge in [-0.25, -0.2) is 4.98 Å². The van der Waals surface area contributed by atoms with Crippen molar-refractivity contribution in [3.05, 3.63) is 23.8 Å². The molecule has 0 amide bonds. The number of nitrogens with zero attached hydrogens (tertiary/aromatic N) is 6. The summed E-state index contributed by atoms with van der Waals surface area (Å²) in [6.07, 6.45) is 4.18. The van der Waals surface area contributed by atoms with Crippen LogP contribution in [-0.4, -0.2) is 41.2 Å². The fourth-order valence-corrected chi connectivity index (χ4v) is 3.31. The number of aromatic amines is 1. The monoisotopic (exact) mass is 327 g/mol. The first-order valence-electron chi connectivity index (χ1n) is 8.19. The number of nitrogens with one attached hydrogen (secondary N) is 1. The zero-order valence-electron chi connectivity index (χ0n) is 13.6. The Labute approximate surface area is 139 Å². The molecule has 9 nitrogen and oxygen atoms in total. The van der Waals surface area contributed by atoms with Gasteiger partial charge in [0.1, 0.15) is 11.3 Å². The quantitative estimate of drug-likeness (QED) is 0.654. The Morgan fingerprint density at radius 2 is 2.17 bits per heavy atom. The summed E-state index contributed by atoms with van der Waals surface area (Å²) >= 11 is 0. The van der Waals surface area contributed by atoms with Gasteiger partial charge >= 0.3 is 0 Å². The van der Waals surface area contributed by atoms with Gasteiger partial charge in [0.15, 0.2) is 11.5 Å². The fraction of sp³-hybridized carbons (Fsp3) is 0.467. The first-order valence-corrected chi connectivity index (χ1v) is 8.19. The van der Waals surface area contributed by atoms with Gasteiger partial charge in [-0.15, -0.1) is 0 Å². The van der Waals surface area contributed by atoms with E-state index in [9.17, 15) is 0 Å². The SMILES string of the molecule is CCn1ccc(CN2CCCC2c2nc3nc(N)nc(N)c3[nH]2)n1. The van der Waals surface area contributed by atoms with Gasteiger partial charge in [0.05, 0.1) is 11.7 Å². The van der Waals surface area contributed by atoms with Crippen LogP contribution in [0.2, 0.25) is 0 Å². The third-order valence-electron chi connectivity index (χ3n) is 4.48. The van der Waals surface area contributed by atoms with Crippen LogP contribution in [0.25, 0.3) is 11.2 Å². The third-order valence-corrected chi connectivity index (χ3v) is 4.48. The molecule has 0 aliphatic carbocycles. The maximum absolute atomic E-state index is 5.92. The number of imidazole rings is 1. The second kappa shape index (κ2) is 5.75. The van der Waals surface area contributed by atoms with Gasteiger partial charge in [-0.05, 0) is 32.4 Å². The van der Waals surface area contributed by atoms with Gasteiger partial charge < -0.3 is 16.5 Å². The lowest BCUT2D eigenvalue weighted by Gasteiger charge is -2.21. The minimum atomic E-state index is 0.145. The van der Waals surface area contributed by atoms with Gasteiger partial charge in [-0.3, -0.25) is 9.58 Å². The maximum atomic E-state index is 5.92. The molecule has 1 atom stereocenters. The number of hydrogen-bond donors (Lipinski definition) is 3. The van der Waals surface area contributed by atoms with E-state index in [0.717, 1.165) is 44.0 Å². The van der Waals surface area contributed by atoms with E-state index in [-0.39, 0.29) is 12.0 Å². The Bertz CT molecular complexity index is 865. The fourth-order valence-electron chi connectivity index (χ4n) is 3.31. The largest absolute Gasteiger partial charge is 0.382 e. The summed E-state index contributed by atoms with van der Waals surface area (Å²) in [5.74, 6) is 1.35. The lowest BCUT2D eigenvalue weighted by atomic mass is 10.2. The first-order chi connectivity index (χ1) is 11.6. The van der Waals surface area contributed by atoms with Gasteiger partial charge in [-0.2, -0.15) is 15.1 Å². The number of H-pyrrole nitrogens is 1. The Kier molecular flexibility index (Phi) is 3.57. The van der Waals surface area contributed by atoms with Crippen LogP contribution < -0.4 is 11.5 Å². The number of aryl methyl sites for hydroxylation is 1. The van der Waals surface area contributed by atoms with E-state index in [0.29, 0.717) is 17.0 Å². The number of nitrogens with two attached hydrogens (primary N) is 2. The van der Waals surface area contributed by atoms with Gasteiger partial charge in [-0.1, -0.05) is 0 Å². The molecule has 0 aromatic carbocycles. The number of rotatable bonds is 4. The molecule has 24 heavy (non-hydrogen) atoms. The van der Waals surface area contributed by atoms with Gasteiger partial charge in [0, 0.05) is 19.3 Å². The molecule has 1 saturated heterocycles. The zero-order chi connectivity index (χ0) is 16.7. The van der Waals surface area contributed by atoms with E-state index in [1.165, 1.54) is 0 Å². The zero-order valence-corrected chi connectivity index (χ0v) is 13.6. The molecule has 1 aliphatic heterocycles. The van der Waals surface area contributed by atoms with E-state index in [2.05, 4.69) is 42.9 Å². The number of likely N-dealkylation sites (tertiary alicyclic amines) is 1. The molecule has 1 aliphatic rings.